The number of rotatable bonds is 6. The van der Waals surface area contributed by atoms with E-state index in [1.165, 1.54) is 11.8 Å². The zero-order valence-corrected chi connectivity index (χ0v) is 10.3. The van der Waals surface area contributed by atoms with Crippen LogP contribution < -0.4 is 11.1 Å². The van der Waals surface area contributed by atoms with E-state index in [0.717, 1.165) is 0 Å². The molecule has 0 aromatic rings. The molecule has 0 aliphatic heterocycles. The van der Waals surface area contributed by atoms with Crippen molar-refractivity contribution in [3.05, 3.63) is 0 Å². The van der Waals surface area contributed by atoms with Gasteiger partial charge in [-0.25, -0.2) is 4.79 Å². The summed E-state index contributed by atoms with van der Waals surface area (Å²) in [6, 6.07) is -1.86. The van der Waals surface area contributed by atoms with Gasteiger partial charge in [0.05, 0.1) is 0 Å². The Hall–Kier alpha value is -1.79. The largest absolute Gasteiger partial charge is 0.480 e. The van der Waals surface area contributed by atoms with E-state index in [0.29, 0.717) is 6.42 Å². The molecule has 0 spiro atoms. The van der Waals surface area contributed by atoms with Gasteiger partial charge >= 0.3 is 12.0 Å². The molecule has 17 heavy (non-hydrogen) atoms. The van der Waals surface area contributed by atoms with Crippen molar-refractivity contribution in [3.63, 3.8) is 0 Å². The van der Waals surface area contributed by atoms with Crippen molar-refractivity contribution in [2.75, 3.05) is 6.54 Å². The molecule has 0 saturated heterocycles. The Balaban J connectivity index is 4.73. The topological polar surface area (TPSA) is 113 Å². The van der Waals surface area contributed by atoms with Crippen LogP contribution >= 0.6 is 0 Å². The number of carbonyl (C=O) groups excluding carboxylic acids is 2. The van der Waals surface area contributed by atoms with E-state index < -0.39 is 30.5 Å². The van der Waals surface area contributed by atoms with E-state index in [1.807, 2.05) is 6.92 Å². The van der Waals surface area contributed by atoms with E-state index in [4.69, 9.17) is 10.8 Å². The number of nitrogens with two attached hydrogens (primary N) is 1. The number of primary amides is 1. The molecule has 4 N–H and O–H groups in total. The summed E-state index contributed by atoms with van der Waals surface area (Å²) in [5.74, 6) is -1.55. The lowest BCUT2D eigenvalue weighted by molar-refractivity contribution is -0.146. The standard InChI is InChI=1S/C10H19N3O4/c1-4-6(2)13(5-8(14)15)9(16)7(3)12-10(11)17/h6-7H,4-5H2,1-3H3,(H,14,15)(H3,11,12,17). The van der Waals surface area contributed by atoms with Crippen LogP contribution in [0.4, 0.5) is 4.79 Å². The Kier molecular flexibility index (Phi) is 6.01. The quantitative estimate of drug-likeness (QED) is 0.599. The zero-order valence-electron chi connectivity index (χ0n) is 10.3. The lowest BCUT2D eigenvalue weighted by atomic mass is 10.2. The Morgan fingerprint density at radius 3 is 2.24 bits per heavy atom. The van der Waals surface area contributed by atoms with Crippen LogP contribution in [0.1, 0.15) is 27.2 Å². The van der Waals surface area contributed by atoms with Crippen molar-refractivity contribution in [2.45, 2.75) is 39.3 Å². The Bertz CT molecular complexity index is 306. The highest BCUT2D eigenvalue weighted by atomic mass is 16.4. The summed E-state index contributed by atoms with van der Waals surface area (Å²) in [4.78, 5) is 34.4. The van der Waals surface area contributed by atoms with Gasteiger partial charge in [0.2, 0.25) is 5.91 Å². The normalized spacial score (nSPS) is 13.6. The second-order valence-electron chi connectivity index (χ2n) is 3.85. The molecule has 0 saturated carbocycles. The van der Waals surface area contributed by atoms with Gasteiger partial charge in [-0.2, -0.15) is 0 Å². The summed E-state index contributed by atoms with van der Waals surface area (Å²) >= 11 is 0. The number of nitrogens with zero attached hydrogens (tertiary/aromatic N) is 1. The van der Waals surface area contributed by atoms with Crippen LogP contribution in [-0.4, -0.2) is 46.5 Å². The molecular weight excluding hydrogens is 226 g/mol. The number of carboxylic acid groups (broad SMARTS) is 1. The summed E-state index contributed by atoms with van der Waals surface area (Å²) in [7, 11) is 0. The van der Waals surface area contributed by atoms with Gasteiger partial charge in [-0.1, -0.05) is 6.92 Å². The van der Waals surface area contributed by atoms with E-state index >= 15 is 0 Å². The molecule has 0 aliphatic carbocycles. The molecule has 0 bridgehead atoms. The average Bonchev–Trinajstić information content (AvgIpc) is 2.22. The van der Waals surface area contributed by atoms with Crippen molar-refractivity contribution in [2.24, 2.45) is 5.73 Å². The minimum absolute atomic E-state index is 0.212. The van der Waals surface area contributed by atoms with Crippen LogP contribution in [0, 0.1) is 0 Å². The molecule has 0 aliphatic rings. The fourth-order valence-electron chi connectivity index (χ4n) is 1.34. The van der Waals surface area contributed by atoms with Crippen molar-refractivity contribution in [1.29, 1.82) is 0 Å². The third kappa shape index (κ3) is 5.19. The molecule has 0 fully saturated rings. The van der Waals surface area contributed by atoms with Crippen molar-refractivity contribution in [3.8, 4) is 0 Å². The Morgan fingerprint density at radius 1 is 1.35 bits per heavy atom. The smallest absolute Gasteiger partial charge is 0.323 e. The first-order valence-corrected chi connectivity index (χ1v) is 5.37. The van der Waals surface area contributed by atoms with Crippen LogP contribution in [0.3, 0.4) is 0 Å². The van der Waals surface area contributed by atoms with Gasteiger partial charge in [0, 0.05) is 6.04 Å². The molecule has 0 aromatic carbocycles. The highest BCUT2D eigenvalue weighted by Gasteiger charge is 2.26. The van der Waals surface area contributed by atoms with Gasteiger partial charge in [-0.3, -0.25) is 9.59 Å². The third-order valence-corrected chi connectivity index (χ3v) is 2.44. The van der Waals surface area contributed by atoms with E-state index in [2.05, 4.69) is 5.32 Å². The van der Waals surface area contributed by atoms with Crippen molar-refractivity contribution in [1.82, 2.24) is 10.2 Å². The minimum Gasteiger partial charge on any atom is -0.480 e. The van der Waals surface area contributed by atoms with Gasteiger partial charge in [-0.15, -0.1) is 0 Å². The predicted molar refractivity (Wildman–Crippen MR) is 61.3 cm³/mol. The van der Waals surface area contributed by atoms with Gasteiger partial charge < -0.3 is 21.1 Å². The molecule has 7 nitrogen and oxygen atoms in total. The zero-order chi connectivity index (χ0) is 13.6. The molecule has 0 heterocycles. The maximum atomic E-state index is 11.9. The molecule has 98 valence electrons. The van der Waals surface area contributed by atoms with Crippen molar-refractivity contribution < 1.29 is 19.5 Å². The number of hydrogen-bond donors (Lipinski definition) is 3. The number of hydrogen-bond acceptors (Lipinski definition) is 3. The predicted octanol–water partition coefficient (Wildman–Crippen LogP) is -0.245. The van der Waals surface area contributed by atoms with Gasteiger partial charge in [0.1, 0.15) is 12.6 Å². The average molecular weight is 245 g/mol. The highest BCUT2D eigenvalue weighted by Crippen LogP contribution is 2.06. The van der Waals surface area contributed by atoms with Crippen molar-refractivity contribution >= 4 is 17.9 Å². The third-order valence-electron chi connectivity index (χ3n) is 2.44. The molecule has 7 heteroatoms. The first-order chi connectivity index (χ1) is 7.79. The van der Waals surface area contributed by atoms with Crippen LogP contribution in [-0.2, 0) is 9.59 Å². The second-order valence-corrected chi connectivity index (χ2v) is 3.85. The second kappa shape index (κ2) is 6.72. The van der Waals surface area contributed by atoms with Crippen LogP contribution in [0.15, 0.2) is 0 Å². The first-order valence-electron chi connectivity index (χ1n) is 5.37. The molecule has 3 amide bonds. The highest BCUT2D eigenvalue weighted by molar-refractivity contribution is 5.88. The fourth-order valence-corrected chi connectivity index (χ4v) is 1.34. The maximum Gasteiger partial charge on any atom is 0.323 e. The van der Waals surface area contributed by atoms with Crippen LogP contribution in [0.2, 0.25) is 0 Å². The SMILES string of the molecule is CCC(C)N(CC(=O)O)C(=O)C(C)NC(N)=O. The monoisotopic (exact) mass is 245 g/mol. The maximum absolute atomic E-state index is 11.9. The first kappa shape index (κ1) is 15.2. The summed E-state index contributed by atoms with van der Waals surface area (Å²) in [5.41, 5.74) is 4.90. The van der Waals surface area contributed by atoms with Crippen LogP contribution in [0.25, 0.3) is 0 Å². The van der Waals surface area contributed by atoms with Gasteiger partial charge in [-0.05, 0) is 20.3 Å². The lowest BCUT2D eigenvalue weighted by Gasteiger charge is -2.29. The Labute approximate surface area is 100.0 Å². The number of aliphatic carboxylic acids is 1. The van der Waals surface area contributed by atoms with Crippen LogP contribution in [0.5, 0.6) is 0 Å². The number of carboxylic acids is 1. The fraction of sp³-hybridized carbons (Fsp3) is 0.700. The molecule has 2 atom stereocenters. The Morgan fingerprint density at radius 2 is 1.88 bits per heavy atom. The lowest BCUT2D eigenvalue weighted by Crippen LogP contribution is -2.52. The number of carbonyl (C=O) groups is 3. The molecule has 2 unspecified atom stereocenters. The molecule has 0 rings (SSSR count). The summed E-state index contributed by atoms with van der Waals surface area (Å²) < 4.78 is 0. The number of amides is 3. The number of urea groups is 1. The summed E-state index contributed by atoms with van der Waals surface area (Å²) in [6.07, 6.45) is 0.627. The van der Waals surface area contributed by atoms with Gasteiger partial charge in [0.25, 0.3) is 0 Å². The van der Waals surface area contributed by atoms with E-state index in [1.54, 1.807) is 6.92 Å². The minimum atomic E-state index is -1.09. The van der Waals surface area contributed by atoms with Gasteiger partial charge in [0.15, 0.2) is 0 Å². The molecular formula is C10H19N3O4. The number of nitrogens with one attached hydrogen (secondary N) is 1. The summed E-state index contributed by atoms with van der Waals surface area (Å²) in [6.45, 7) is 4.67. The van der Waals surface area contributed by atoms with E-state index in [-0.39, 0.29) is 6.04 Å². The van der Waals surface area contributed by atoms with E-state index in [9.17, 15) is 14.4 Å². The summed E-state index contributed by atoms with van der Waals surface area (Å²) in [5, 5.41) is 11.0. The molecule has 0 radical (unpaired) electrons. The molecule has 0 aromatic heterocycles.